The van der Waals surface area contributed by atoms with Gasteiger partial charge in [-0.2, -0.15) is 0 Å². The number of hydrogen-bond acceptors (Lipinski definition) is 2. The topological polar surface area (TPSA) is 58.2 Å². The van der Waals surface area contributed by atoms with Crippen LogP contribution in [0.3, 0.4) is 0 Å². The SMILES string of the molecule is CC(=O)Nc1ccccc1[C@H](C)NS(=O)C(C)(C)C. The highest BCUT2D eigenvalue weighted by Crippen LogP contribution is 2.24. The van der Waals surface area contributed by atoms with Gasteiger partial charge in [0.25, 0.3) is 0 Å². The molecular formula is C14H22N2O2S. The van der Waals surface area contributed by atoms with Crippen LogP contribution in [0.15, 0.2) is 24.3 Å². The van der Waals surface area contributed by atoms with Gasteiger partial charge < -0.3 is 5.32 Å². The van der Waals surface area contributed by atoms with E-state index < -0.39 is 11.0 Å². The summed E-state index contributed by atoms with van der Waals surface area (Å²) in [4.78, 5) is 11.2. The Hall–Kier alpha value is -1.20. The number of anilines is 1. The molecule has 1 rings (SSSR count). The molecule has 1 aromatic carbocycles. The van der Waals surface area contributed by atoms with Crippen molar-refractivity contribution >= 4 is 22.6 Å². The molecule has 0 spiro atoms. The van der Waals surface area contributed by atoms with E-state index in [1.54, 1.807) is 0 Å². The molecule has 0 saturated carbocycles. The van der Waals surface area contributed by atoms with Gasteiger partial charge in [-0.1, -0.05) is 18.2 Å². The number of amides is 1. The van der Waals surface area contributed by atoms with Gasteiger partial charge in [0.1, 0.15) is 0 Å². The lowest BCUT2D eigenvalue weighted by atomic mass is 10.1. The maximum atomic E-state index is 12.1. The van der Waals surface area contributed by atoms with E-state index in [-0.39, 0.29) is 16.7 Å². The average molecular weight is 282 g/mol. The predicted octanol–water partition coefficient (Wildman–Crippen LogP) is 2.76. The second-order valence-electron chi connectivity index (χ2n) is 5.49. The van der Waals surface area contributed by atoms with Crippen LogP contribution in [0.25, 0.3) is 0 Å². The minimum atomic E-state index is -1.15. The molecule has 0 heterocycles. The Labute approximate surface area is 117 Å². The van der Waals surface area contributed by atoms with Crippen molar-refractivity contribution in [3.8, 4) is 0 Å². The van der Waals surface area contributed by atoms with Crippen LogP contribution >= 0.6 is 0 Å². The number of nitrogens with one attached hydrogen (secondary N) is 2. The first-order valence-electron chi connectivity index (χ1n) is 6.26. The van der Waals surface area contributed by atoms with Gasteiger partial charge in [0.05, 0.1) is 15.7 Å². The molecule has 1 amide bonds. The highest BCUT2D eigenvalue weighted by molar-refractivity contribution is 7.84. The molecule has 5 heteroatoms. The minimum absolute atomic E-state index is 0.108. The summed E-state index contributed by atoms with van der Waals surface area (Å²) in [5, 5.41) is 2.79. The van der Waals surface area contributed by atoms with Crippen molar-refractivity contribution in [3.05, 3.63) is 29.8 Å². The minimum Gasteiger partial charge on any atom is -0.326 e. The molecule has 0 aliphatic rings. The lowest BCUT2D eigenvalue weighted by Crippen LogP contribution is -2.35. The highest BCUT2D eigenvalue weighted by atomic mass is 32.2. The number of para-hydroxylation sites is 1. The zero-order valence-corrected chi connectivity index (χ0v) is 12.9. The fraction of sp³-hybridized carbons (Fsp3) is 0.500. The van der Waals surface area contributed by atoms with E-state index >= 15 is 0 Å². The van der Waals surface area contributed by atoms with Crippen LogP contribution in [0.2, 0.25) is 0 Å². The molecule has 19 heavy (non-hydrogen) atoms. The summed E-state index contributed by atoms with van der Waals surface area (Å²) in [6, 6.07) is 7.42. The summed E-state index contributed by atoms with van der Waals surface area (Å²) in [5.74, 6) is -0.114. The molecule has 0 radical (unpaired) electrons. The van der Waals surface area contributed by atoms with Gasteiger partial charge in [-0.15, -0.1) is 0 Å². The van der Waals surface area contributed by atoms with Crippen LogP contribution in [-0.2, 0) is 15.8 Å². The third-order valence-electron chi connectivity index (χ3n) is 2.58. The van der Waals surface area contributed by atoms with Gasteiger partial charge in [-0.25, -0.2) is 8.93 Å². The number of rotatable bonds is 4. The van der Waals surface area contributed by atoms with Gasteiger partial charge in [0, 0.05) is 18.7 Å². The molecule has 1 unspecified atom stereocenters. The van der Waals surface area contributed by atoms with Crippen LogP contribution in [0.4, 0.5) is 5.69 Å². The standard InChI is InChI=1S/C14H22N2O2S/c1-10(16-19(18)14(3,4)5)12-8-6-7-9-13(12)15-11(2)17/h6-10,16H,1-5H3,(H,15,17)/t10-,19?/m0/s1. The molecule has 0 aliphatic heterocycles. The van der Waals surface area contributed by atoms with Gasteiger partial charge >= 0.3 is 0 Å². The summed E-state index contributed by atoms with van der Waals surface area (Å²) in [5.41, 5.74) is 1.68. The van der Waals surface area contributed by atoms with Gasteiger partial charge in [0.2, 0.25) is 5.91 Å². The quantitative estimate of drug-likeness (QED) is 0.892. The second kappa shape index (κ2) is 6.30. The molecule has 0 aromatic heterocycles. The van der Waals surface area contributed by atoms with E-state index in [4.69, 9.17) is 0 Å². The lowest BCUT2D eigenvalue weighted by Gasteiger charge is -2.23. The summed E-state index contributed by atoms with van der Waals surface area (Å²) in [6.45, 7) is 9.17. The lowest BCUT2D eigenvalue weighted by molar-refractivity contribution is -0.114. The number of carbonyl (C=O) groups is 1. The Bertz CT molecular complexity index is 481. The van der Waals surface area contributed by atoms with E-state index in [0.29, 0.717) is 0 Å². The Balaban J connectivity index is 2.91. The number of benzene rings is 1. The van der Waals surface area contributed by atoms with Crippen molar-refractivity contribution in [3.63, 3.8) is 0 Å². The van der Waals surface area contributed by atoms with Crippen molar-refractivity contribution in [2.24, 2.45) is 0 Å². The molecule has 2 atom stereocenters. The van der Waals surface area contributed by atoms with E-state index in [1.807, 2.05) is 52.0 Å². The monoisotopic (exact) mass is 282 g/mol. The first kappa shape index (κ1) is 15.9. The van der Waals surface area contributed by atoms with Crippen molar-refractivity contribution < 1.29 is 9.00 Å². The summed E-state index contributed by atoms with van der Waals surface area (Å²) >= 11 is 0. The molecule has 2 N–H and O–H groups in total. The van der Waals surface area contributed by atoms with E-state index in [9.17, 15) is 9.00 Å². The maximum Gasteiger partial charge on any atom is 0.221 e. The molecule has 106 valence electrons. The first-order chi connectivity index (χ1) is 8.71. The summed E-state index contributed by atoms with van der Waals surface area (Å²) < 4.78 is 14.8. The first-order valence-corrected chi connectivity index (χ1v) is 7.41. The summed E-state index contributed by atoms with van der Waals surface area (Å²) in [7, 11) is -1.15. The predicted molar refractivity (Wildman–Crippen MR) is 80.2 cm³/mol. The van der Waals surface area contributed by atoms with Crippen LogP contribution < -0.4 is 10.0 Å². The van der Waals surface area contributed by atoms with Gasteiger partial charge in [-0.05, 0) is 39.3 Å². The van der Waals surface area contributed by atoms with E-state index in [1.165, 1.54) is 6.92 Å². The molecule has 0 saturated heterocycles. The fourth-order valence-electron chi connectivity index (χ4n) is 1.58. The highest BCUT2D eigenvalue weighted by Gasteiger charge is 2.22. The van der Waals surface area contributed by atoms with Crippen molar-refractivity contribution in [1.82, 2.24) is 4.72 Å². The van der Waals surface area contributed by atoms with Crippen molar-refractivity contribution in [2.45, 2.75) is 45.4 Å². The zero-order chi connectivity index (χ0) is 14.6. The normalized spacial score (nSPS) is 14.8. The number of hydrogen-bond donors (Lipinski definition) is 2. The van der Waals surface area contributed by atoms with Gasteiger partial charge in [0.15, 0.2) is 0 Å². The maximum absolute atomic E-state index is 12.1. The molecule has 1 aromatic rings. The van der Waals surface area contributed by atoms with Crippen LogP contribution in [0.1, 0.15) is 46.2 Å². The zero-order valence-electron chi connectivity index (χ0n) is 12.1. The Morgan fingerprint density at radius 3 is 2.37 bits per heavy atom. The third-order valence-corrected chi connectivity index (χ3v) is 4.26. The molecular weight excluding hydrogens is 260 g/mol. The molecule has 0 aliphatic carbocycles. The molecule has 0 bridgehead atoms. The largest absolute Gasteiger partial charge is 0.326 e. The Morgan fingerprint density at radius 1 is 1.26 bits per heavy atom. The second-order valence-corrected chi connectivity index (χ2v) is 7.49. The van der Waals surface area contributed by atoms with E-state index in [2.05, 4.69) is 10.0 Å². The smallest absolute Gasteiger partial charge is 0.221 e. The Morgan fingerprint density at radius 2 is 1.84 bits per heavy atom. The van der Waals surface area contributed by atoms with Gasteiger partial charge in [-0.3, -0.25) is 4.79 Å². The number of carbonyl (C=O) groups excluding carboxylic acids is 1. The molecule has 0 fully saturated rings. The third kappa shape index (κ3) is 4.76. The van der Waals surface area contributed by atoms with E-state index in [0.717, 1.165) is 11.3 Å². The van der Waals surface area contributed by atoms with Crippen molar-refractivity contribution in [2.75, 3.05) is 5.32 Å². The van der Waals surface area contributed by atoms with Crippen LogP contribution in [-0.4, -0.2) is 14.9 Å². The van der Waals surface area contributed by atoms with Crippen LogP contribution in [0.5, 0.6) is 0 Å². The average Bonchev–Trinajstić information content (AvgIpc) is 2.27. The van der Waals surface area contributed by atoms with Crippen LogP contribution in [0, 0.1) is 0 Å². The summed E-state index contributed by atoms with van der Waals surface area (Å²) in [6.07, 6.45) is 0. The molecule has 4 nitrogen and oxygen atoms in total. The van der Waals surface area contributed by atoms with Crippen molar-refractivity contribution in [1.29, 1.82) is 0 Å². The fourth-order valence-corrected chi connectivity index (χ4v) is 2.38. The Kier molecular flexibility index (Phi) is 5.26.